The summed E-state index contributed by atoms with van der Waals surface area (Å²) in [6.45, 7) is 5.10. The molecule has 0 amide bonds. The van der Waals surface area contributed by atoms with Crippen molar-refractivity contribution < 1.29 is 13.5 Å². The van der Waals surface area contributed by atoms with Gasteiger partial charge in [-0.15, -0.1) is 11.3 Å². The van der Waals surface area contributed by atoms with Gasteiger partial charge in [-0.05, 0) is 19.9 Å². The Morgan fingerprint density at radius 3 is 2.78 bits per heavy atom. The Bertz CT molecular complexity index is 521. The number of thioether (sulfide) groups is 1. The monoisotopic (exact) mass is 307 g/mol. The highest BCUT2D eigenvalue weighted by Gasteiger charge is 2.34. The van der Waals surface area contributed by atoms with Gasteiger partial charge in [0.2, 0.25) is 10.0 Å². The number of sulfonamides is 1. The highest BCUT2D eigenvalue weighted by Crippen LogP contribution is 2.33. The molecule has 0 radical (unpaired) electrons. The molecule has 0 bridgehead atoms. The van der Waals surface area contributed by atoms with Crippen molar-refractivity contribution in [2.24, 2.45) is 0 Å². The Morgan fingerprint density at radius 1 is 1.50 bits per heavy atom. The first kappa shape index (κ1) is 14.3. The molecule has 2 rings (SSSR count). The minimum atomic E-state index is -3.40. The van der Waals surface area contributed by atoms with E-state index in [0.29, 0.717) is 22.9 Å². The molecule has 102 valence electrons. The van der Waals surface area contributed by atoms with Crippen LogP contribution in [0.5, 0.6) is 0 Å². The third kappa shape index (κ3) is 2.91. The summed E-state index contributed by atoms with van der Waals surface area (Å²) in [7, 11) is -3.40. The molecule has 1 saturated heterocycles. The van der Waals surface area contributed by atoms with Crippen LogP contribution in [0.15, 0.2) is 16.3 Å². The molecule has 1 aromatic heterocycles. The van der Waals surface area contributed by atoms with Crippen LogP contribution in [0.4, 0.5) is 0 Å². The number of nitrogens with zero attached hydrogens (tertiary/aromatic N) is 1. The largest absolute Gasteiger partial charge is 0.391 e. The Morgan fingerprint density at radius 2 is 2.22 bits per heavy atom. The second-order valence-electron chi connectivity index (χ2n) is 4.85. The molecule has 1 aliphatic rings. The third-order valence-corrected chi connectivity index (χ3v) is 7.00. The summed E-state index contributed by atoms with van der Waals surface area (Å²) >= 11 is 3.08. The van der Waals surface area contributed by atoms with E-state index >= 15 is 0 Å². The lowest BCUT2D eigenvalue weighted by molar-refractivity contribution is 0.285. The first-order valence-corrected chi connectivity index (χ1v) is 8.98. The molecule has 0 saturated carbocycles. The third-order valence-electron chi connectivity index (χ3n) is 2.81. The quantitative estimate of drug-likeness (QED) is 0.924. The lowest BCUT2D eigenvalue weighted by Crippen LogP contribution is -2.45. The van der Waals surface area contributed by atoms with Crippen LogP contribution < -0.4 is 0 Å². The molecular formula is C11H17NO3S3. The van der Waals surface area contributed by atoms with E-state index in [1.54, 1.807) is 27.5 Å². The molecule has 7 heteroatoms. The van der Waals surface area contributed by atoms with Crippen LogP contribution >= 0.6 is 23.1 Å². The standard InChI is InChI=1S/C11H17NO3S3/c1-11(2)8-12(3-4-17-11)18(14,15)10-5-9(6-13)16-7-10/h5,7,13H,3-4,6,8H2,1-2H3. The summed E-state index contributed by atoms with van der Waals surface area (Å²) in [5.74, 6) is 0.823. The van der Waals surface area contributed by atoms with Gasteiger partial charge in [-0.3, -0.25) is 0 Å². The first-order valence-electron chi connectivity index (χ1n) is 5.67. The fourth-order valence-corrected chi connectivity index (χ4v) is 5.94. The van der Waals surface area contributed by atoms with Gasteiger partial charge in [-0.1, -0.05) is 0 Å². The zero-order chi connectivity index (χ0) is 13.4. The van der Waals surface area contributed by atoms with E-state index in [1.165, 1.54) is 11.3 Å². The average Bonchev–Trinajstić information content (AvgIpc) is 2.76. The number of aliphatic hydroxyl groups is 1. The van der Waals surface area contributed by atoms with E-state index in [4.69, 9.17) is 5.11 Å². The average molecular weight is 307 g/mol. The summed E-state index contributed by atoms with van der Waals surface area (Å²) in [4.78, 5) is 0.985. The van der Waals surface area contributed by atoms with Gasteiger partial charge in [0.15, 0.2) is 0 Å². The SMILES string of the molecule is CC1(C)CN(S(=O)(=O)c2csc(CO)c2)CCS1. The van der Waals surface area contributed by atoms with Crippen LogP contribution in [-0.4, -0.2) is 41.4 Å². The Labute approximate surface area is 116 Å². The van der Waals surface area contributed by atoms with Crippen molar-refractivity contribution in [2.75, 3.05) is 18.8 Å². The highest BCUT2D eigenvalue weighted by atomic mass is 32.2. The van der Waals surface area contributed by atoms with Crippen molar-refractivity contribution >= 4 is 33.1 Å². The fourth-order valence-electron chi connectivity index (χ4n) is 1.91. The predicted molar refractivity (Wildman–Crippen MR) is 75.5 cm³/mol. The van der Waals surface area contributed by atoms with E-state index in [1.807, 2.05) is 0 Å². The van der Waals surface area contributed by atoms with Gasteiger partial charge >= 0.3 is 0 Å². The van der Waals surface area contributed by atoms with Crippen molar-refractivity contribution in [3.8, 4) is 0 Å². The van der Waals surface area contributed by atoms with Gasteiger partial charge in [-0.25, -0.2) is 8.42 Å². The number of thiophene rings is 1. The second kappa shape index (κ2) is 5.13. The van der Waals surface area contributed by atoms with Gasteiger partial charge in [-0.2, -0.15) is 16.1 Å². The molecule has 0 atom stereocenters. The molecule has 1 N–H and O–H groups in total. The number of rotatable bonds is 3. The zero-order valence-corrected chi connectivity index (χ0v) is 12.9. The van der Waals surface area contributed by atoms with E-state index in [2.05, 4.69) is 13.8 Å². The van der Waals surface area contributed by atoms with Gasteiger partial charge in [0.1, 0.15) is 0 Å². The number of hydrogen-bond donors (Lipinski definition) is 1. The lowest BCUT2D eigenvalue weighted by Gasteiger charge is -2.36. The van der Waals surface area contributed by atoms with Crippen LogP contribution in [0.3, 0.4) is 0 Å². The molecule has 1 aromatic rings. The van der Waals surface area contributed by atoms with Crippen LogP contribution in [0, 0.1) is 0 Å². The lowest BCUT2D eigenvalue weighted by atomic mass is 10.2. The topological polar surface area (TPSA) is 57.6 Å². The molecule has 2 heterocycles. The number of hydrogen-bond acceptors (Lipinski definition) is 5. The molecule has 0 aliphatic carbocycles. The Balaban J connectivity index is 2.25. The maximum absolute atomic E-state index is 12.4. The number of aliphatic hydroxyl groups excluding tert-OH is 1. The molecule has 0 unspecified atom stereocenters. The minimum absolute atomic E-state index is 0.0405. The molecule has 0 aromatic carbocycles. The van der Waals surface area contributed by atoms with Gasteiger partial charge in [0.25, 0.3) is 0 Å². The van der Waals surface area contributed by atoms with E-state index in [0.717, 1.165) is 5.75 Å². The summed E-state index contributed by atoms with van der Waals surface area (Å²) in [5, 5.41) is 10.6. The van der Waals surface area contributed by atoms with Crippen LogP contribution in [0.2, 0.25) is 0 Å². The fraction of sp³-hybridized carbons (Fsp3) is 0.636. The smallest absolute Gasteiger partial charge is 0.243 e. The van der Waals surface area contributed by atoms with Crippen molar-refractivity contribution in [3.05, 3.63) is 16.3 Å². The summed E-state index contributed by atoms with van der Waals surface area (Å²) in [5.41, 5.74) is 0. The first-order chi connectivity index (χ1) is 8.35. The van der Waals surface area contributed by atoms with Gasteiger partial charge < -0.3 is 5.11 Å². The molecule has 18 heavy (non-hydrogen) atoms. The maximum atomic E-state index is 12.4. The van der Waals surface area contributed by atoms with E-state index in [-0.39, 0.29) is 11.4 Å². The van der Waals surface area contributed by atoms with Crippen LogP contribution in [0.1, 0.15) is 18.7 Å². The normalized spacial score (nSPS) is 21.1. The zero-order valence-electron chi connectivity index (χ0n) is 10.4. The Kier molecular flexibility index (Phi) is 4.08. The summed E-state index contributed by atoms with van der Waals surface area (Å²) < 4.78 is 26.4. The van der Waals surface area contributed by atoms with Crippen molar-refractivity contribution in [3.63, 3.8) is 0 Å². The van der Waals surface area contributed by atoms with E-state index < -0.39 is 10.0 Å². The predicted octanol–water partition coefficient (Wildman–Crippen LogP) is 1.76. The molecular weight excluding hydrogens is 290 g/mol. The molecule has 1 fully saturated rings. The second-order valence-corrected chi connectivity index (χ2v) is 9.59. The Hall–Kier alpha value is -0.0800. The summed E-state index contributed by atoms with van der Waals surface area (Å²) in [6.07, 6.45) is 0. The van der Waals surface area contributed by atoms with Gasteiger partial charge in [0.05, 0.1) is 11.5 Å². The molecule has 1 aliphatic heterocycles. The van der Waals surface area contributed by atoms with Crippen molar-refractivity contribution in [1.29, 1.82) is 0 Å². The van der Waals surface area contributed by atoms with Gasteiger partial charge in [0, 0.05) is 33.8 Å². The maximum Gasteiger partial charge on any atom is 0.243 e. The van der Waals surface area contributed by atoms with Crippen molar-refractivity contribution in [2.45, 2.75) is 30.1 Å². The minimum Gasteiger partial charge on any atom is -0.391 e. The van der Waals surface area contributed by atoms with Crippen LogP contribution in [0.25, 0.3) is 0 Å². The summed E-state index contributed by atoms with van der Waals surface area (Å²) in [6, 6.07) is 1.56. The van der Waals surface area contributed by atoms with Crippen LogP contribution in [-0.2, 0) is 16.6 Å². The highest BCUT2D eigenvalue weighted by molar-refractivity contribution is 8.00. The van der Waals surface area contributed by atoms with Crippen molar-refractivity contribution in [1.82, 2.24) is 4.31 Å². The van der Waals surface area contributed by atoms with E-state index in [9.17, 15) is 8.42 Å². The molecule has 4 nitrogen and oxygen atoms in total. The molecule has 0 spiro atoms.